The van der Waals surface area contributed by atoms with E-state index in [0.29, 0.717) is 11.1 Å². The molecular formula is C12H14F3NO4S. The molecule has 9 heteroatoms. The molecule has 1 N–H and O–H groups in total. The predicted octanol–water partition coefficient (Wildman–Crippen LogP) is 1.94. The molecule has 0 atom stereocenters. The van der Waals surface area contributed by atoms with E-state index in [0.717, 1.165) is 0 Å². The lowest BCUT2D eigenvalue weighted by atomic mass is 10.2. The predicted molar refractivity (Wildman–Crippen MR) is 68.4 cm³/mol. The second kappa shape index (κ2) is 6.02. The fraction of sp³-hybridized carbons (Fsp3) is 0.417. The number of benzene rings is 1. The Morgan fingerprint density at radius 1 is 1.19 bits per heavy atom. The lowest BCUT2D eigenvalue weighted by Gasteiger charge is -2.22. The van der Waals surface area contributed by atoms with Crippen molar-refractivity contribution < 1.29 is 31.5 Å². The third-order valence-electron chi connectivity index (χ3n) is 2.50. The summed E-state index contributed by atoms with van der Waals surface area (Å²) >= 11 is 0. The number of carboxylic acid groups (broad SMARTS) is 1. The molecule has 1 aromatic rings. The van der Waals surface area contributed by atoms with Crippen LogP contribution in [0.1, 0.15) is 11.1 Å². The summed E-state index contributed by atoms with van der Waals surface area (Å²) < 4.78 is 61.7. The topological polar surface area (TPSA) is 74.7 Å². The molecule has 0 bridgehead atoms. The maximum atomic E-state index is 12.5. The molecule has 0 fully saturated rings. The fourth-order valence-electron chi connectivity index (χ4n) is 1.81. The van der Waals surface area contributed by atoms with E-state index < -0.39 is 35.3 Å². The van der Waals surface area contributed by atoms with E-state index in [2.05, 4.69) is 0 Å². The van der Waals surface area contributed by atoms with Gasteiger partial charge in [-0.1, -0.05) is 6.07 Å². The molecular weight excluding hydrogens is 311 g/mol. The van der Waals surface area contributed by atoms with E-state index in [-0.39, 0.29) is 9.20 Å². The van der Waals surface area contributed by atoms with Gasteiger partial charge in [0.05, 0.1) is 4.90 Å². The van der Waals surface area contributed by atoms with Crippen molar-refractivity contribution in [2.24, 2.45) is 0 Å². The Morgan fingerprint density at radius 3 is 2.05 bits per heavy atom. The van der Waals surface area contributed by atoms with Gasteiger partial charge in [-0.15, -0.1) is 0 Å². The third-order valence-corrected chi connectivity index (χ3v) is 4.27. The summed E-state index contributed by atoms with van der Waals surface area (Å²) in [4.78, 5) is 10.3. The van der Waals surface area contributed by atoms with Gasteiger partial charge < -0.3 is 5.11 Å². The number of hydrogen-bond donors (Lipinski definition) is 1. The highest BCUT2D eigenvalue weighted by Gasteiger charge is 2.38. The van der Waals surface area contributed by atoms with Crippen LogP contribution in [0.25, 0.3) is 0 Å². The lowest BCUT2D eigenvalue weighted by Crippen LogP contribution is -2.42. The average molecular weight is 325 g/mol. The molecule has 0 aromatic heterocycles. The van der Waals surface area contributed by atoms with Gasteiger partial charge in [-0.25, -0.2) is 8.42 Å². The average Bonchev–Trinajstić information content (AvgIpc) is 2.24. The van der Waals surface area contributed by atoms with Crippen LogP contribution in [-0.2, 0) is 14.8 Å². The molecule has 1 rings (SSSR count). The van der Waals surface area contributed by atoms with Crippen LogP contribution < -0.4 is 0 Å². The Balaban J connectivity index is 3.29. The van der Waals surface area contributed by atoms with E-state index in [9.17, 15) is 26.4 Å². The Bertz CT molecular complexity index is 620. The van der Waals surface area contributed by atoms with Crippen LogP contribution in [0.2, 0.25) is 0 Å². The smallest absolute Gasteiger partial charge is 0.402 e. The summed E-state index contributed by atoms with van der Waals surface area (Å²) in [6, 6.07) is 4.06. The molecule has 0 aliphatic rings. The number of carboxylic acids is 1. The van der Waals surface area contributed by atoms with Gasteiger partial charge in [0.25, 0.3) is 0 Å². The van der Waals surface area contributed by atoms with Gasteiger partial charge in [-0.3, -0.25) is 4.79 Å². The third kappa shape index (κ3) is 5.01. The zero-order valence-corrected chi connectivity index (χ0v) is 12.1. The van der Waals surface area contributed by atoms with E-state index in [1.807, 2.05) is 0 Å². The number of aryl methyl sites for hydroxylation is 2. The molecule has 0 saturated heterocycles. The second-order valence-corrected chi connectivity index (χ2v) is 6.54. The number of sulfonamides is 1. The van der Waals surface area contributed by atoms with Crippen molar-refractivity contribution in [3.05, 3.63) is 29.3 Å². The largest absolute Gasteiger partial charge is 0.480 e. The first-order valence-electron chi connectivity index (χ1n) is 5.79. The normalized spacial score (nSPS) is 12.7. The highest BCUT2D eigenvalue weighted by atomic mass is 32.2. The van der Waals surface area contributed by atoms with Crippen LogP contribution in [0.15, 0.2) is 23.1 Å². The van der Waals surface area contributed by atoms with E-state index >= 15 is 0 Å². The minimum absolute atomic E-state index is 0.0937. The van der Waals surface area contributed by atoms with Crippen molar-refractivity contribution in [2.45, 2.75) is 24.9 Å². The summed E-state index contributed by atoms with van der Waals surface area (Å²) in [6.45, 7) is 0.0814. The first kappa shape index (κ1) is 17.4. The van der Waals surface area contributed by atoms with Crippen LogP contribution in [0.4, 0.5) is 13.2 Å². The van der Waals surface area contributed by atoms with Gasteiger partial charge >= 0.3 is 12.1 Å². The van der Waals surface area contributed by atoms with Crippen molar-refractivity contribution >= 4 is 16.0 Å². The van der Waals surface area contributed by atoms with Crippen LogP contribution in [0, 0.1) is 13.8 Å². The van der Waals surface area contributed by atoms with Crippen LogP contribution in [0.5, 0.6) is 0 Å². The van der Waals surface area contributed by atoms with E-state index in [4.69, 9.17) is 5.11 Å². The number of carbonyl (C=O) groups is 1. The van der Waals surface area contributed by atoms with Crippen molar-refractivity contribution in [3.63, 3.8) is 0 Å². The number of hydrogen-bond acceptors (Lipinski definition) is 3. The first-order valence-corrected chi connectivity index (χ1v) is 7.23. The first-order chi connectivity index (χ1) is 9.41. The molecule has 0 spiro atoms. The van der Waals surface area contributed by atoms with Gasteiger partial charge in [0, 0.05) is 0 Å². The van der Waals surface area contributed by atoms with Crippen molar-refractivity contribution in [3.8, 4) is 0 Å². The van der Waals surface area contributed by atoms with Crippen molar-refractivity contribution in [2.75, 3.05) is 13.1 Å². The maximum absolute atomic E-state index is 12.5. The molecule has 0 aliphatic heterocycles. The molecule has 0 amide bonds. The quantitative estimate of drug-likeness (QED) is 0.898. The fourth-order valence-corrected chi connectivity index (χ4v) is 3.37. The zero-order valence-electron chi connectivity index (χ0n) is 11.3. The number of aliphatic carboxylic acids is 1. The minimum Gasteiger partial charge on any atom is -0.480 e. The SMILES string of the molecule is Cc1cc(C)cc(S(=O)(=O)N(CC(=O)O)CC(F)(F)F)c1. The van der Waals surface area contributed by atoms with Crippen molar-refractivity contribution in [1.29, 1.82) is 0 Å². The number of alkyl halides is 3. The van der Waals surface area contributed by atoms with Gasteiger partial charge in [0.1, 0.15) is 13.1 Å². The molecule has 0 saturated carbocycles. The number of nitrogens with zero attached hydrogens (tertiary/aromatic N) is 1. The minimum atomic E-state index is -4.83. The van der Waals surface area contributed by atoms with E-state index in [1.165, 1.54) is 12.1 Å². The zero-order chi connectivity index (χ0) is 16.4. The monoisotopic (exact) mass is 325 g/mol. The maximum Gasteiger partial charge on any atom is 0.402 e. The molecule has 0 heterocycles. The van der Waals surface area contributed by atoms with Crippen LogP contribution >= 0.6 is 0 Å². The van der Waals surface area contributed by atoms with Gasteiger partial charge in [0.2, 0.25) is 10.0 Å². The Labute approximate surface area is 120 Å². The summed E-state index contributed by atoms with van der Waals surface area (Å²) in [5.41, 5.74) is 1.10. The van der Waals surface area contributed by atoms with Gasteiger partial charge in [-0.2, -0.15) is 17.5 Å². The Kier molecular flexibility index (Phi) is 5.00. The summed E-state index contributed by atoms with van der Waals surface area (Å²) in [6.07, 6.45) is -4.83. The van der Waals surface area contributed by atoms with Gasteiger partial charge in [-0.05, 0) is 37.1 Å². The second-order valence-electron chi connectivity index (χ2n) is 4.61. The standard InChI is InChI=1S/C12H14F3NO4S/c1-8-3-9(2)5-10(4-8)21(19,20)16(6-11(17)18)7-12(13,14)15/h3-5H,6-7H2,1-2H3,(H,17,18). The Morgan fingerprint density at radius 2 is 1.67 bits per heavy atom. The number of rotatable bonds is 5. The highest BCUT2D eigenvalue weighted by molar-refractivity contribution is 7.89. The number of halogens is 3. The van der Waals surface area contributed by atoms with Crippen molar-refractivity contribution in [1.82, 2.24) is 4.31 Å². The van der Waals surface area contributed by atoms with Crippen LogP contribution in [0.3, 0.4) is 0 Å². The summed E-state index contributed by atoms with van der Waals surface area (Å²) in [7, 11) is -4.54. The Hall–Kier alpha value is -1.61. The molecule has 0 aliphatic carbocycles. The molecule has 0 unspecified atom stereocenters. The van der Waals surface area contributed by atoms with Gasteiger partial charge in [0.15, 0.2) is 0 Å². The molecule has 21 heavy (non-hydrogen) atoms. The van der Waals surface area contributed by atoms with E-state index in [1.54, 1.807) is 19.9 Å². The van der Waals surface area contributed by atoms with Crippen LogP contribution in [-0.4, -0.2) is 43.1 Å². The highest BCUT2D eigenvalue weighted by Crippen LogP contribution is 2.24. The molecule has 1 aromatic carbocycles. The molecule has 0 radical (unpaired) electrons. The summed E-state index contributed by atoms with van der Waals surface area (Å²) in [5, 5.41) is 8.63. The molecule has 5 nitrogen and oxygen atoms in total. The molecule has 118 valence electrons. The lowest BCUT2D eigenvalue weighted by molar-refractivity contribution is -0.146. The summed E-state index contributed by atoms with van der Waals surface area (Å²) in [5.74, 6) is -1.66.